The Hall–Kier alpha value is -4.03. The number of amides is 6. The molecule has 0 radical (unpaired) electrons. The van der Waals surface area contributed by atoms with Crippen LogP contribution < -0.4 is 31.9 Å². The zero-order valence-electron chi connectivity index (χ0n) is 42.9. The fourth-order valence-electron chi connectivity index (χ4n) is 7.69. The number of carbonyl (C=O) groups is 7. The van der Waals surface area contributed by atoms with E-state index in [0.717, 1.165) is 29.3 Å². The molecule has 6 N–H and O–H groups in total. The largest absolute Gasteiger partial charge is 0.350 e. The Morgan fingerprint density at radius 1 is 0.712 bits per heavy atom. The molecule has 6 heterocycles. The van der Waals surface area contributed by atoms with E-state index < -0.39 is 35.2 Å². The van der Waals surface area contributed by atoms with Crippen molar-refractivity contribution in [3.63, 3.8) is 0 Å². The van der Waals surface area contributed by atoms with Crippen LogP contribution in [0, 0.1) is 11.8 Å². The topological polar surface area (TPSA) is 242 Å². The maximum absolute atomic E-state index is 13.4. The van der Waals surface area contributed by atoms with Crippen LogP contribution in [0.4, 0.5) is 0 Å². The van der Waals surface area contributed by atoms with Crippen molar-refractivity contribution in [2.45, 2.75) is 161 Å². The first-order chi connectivity index (χ1) is 34.8. The molecule has 0 aliphatic carbocycles. The third-order valence-corrected chi connectivity index (χ3v) is 17.6. The summed E-state index contributed by atoms with van der Waals surface area (Å²) in [5.74, 6) is 0.220. The molecular formula is C50H72N10O7S6. The summed E-state index contributed by atoms with van der Waals surface area (Å²) < 4.78 is 0. The number of rotatable bonds is 15. The average Bonchev–Trinajstić information content (AvgIpc) is 4.18. The molecule has 4 aliphatic heterocycles. The van der Waals surface area contributed by atoms with Gasteiger partial charge in [0.15, 0.2) is 5.12 Å². The minimum absolute atomic E-state index is 0.0450. The van der Waals surface area contributed by atoms with Crippen molar-refractivity contribution in [2.24, 2.45) is 21.8 Å². The highest BCUT2D eigenvalue weighted by Crippen LogP contribution is 2.33. The molecule has 2 aromatic rings. The minimum Gasteiger partial charge on any atom is -0.350 e. The van der Waals surface area contributed by atoms with Crippen LogP contribution in [0.1, 0.15) is 134 Å². The van der Waals surface area contributed by atoms with Crippen molar-refractivity contribution in [1.82, 2.24) is 41.9 Å². The number of aliphatic imine (C=N–C) groups is 2. The molecule has 6 rings (SSSR count). The number of hydrogen-bond acceptors (Lipinski definition) is 17. The van der Waals surface area contributed by atoms with E-state index in [9.17, 15) is 33.6 Å². The molecular weight excluding hydrogens is 1050 g/mol. The summed E-state index contributed by atoms with van der Waals surface area (Å²) in [6, 6.07) is -2.59. The molecule has 400 valence electrons. The molecule has 4 aliphatic rings. The van der Waals surface area contributed by atoms with Gasteiger partial charge in [-0.3, -0.25) is 43.5 Å². The number of thioether (sulfide) groups is 3. The van der Waals surface area contributed by atoms with Crippen molar-refractivity contribution in [1.29, 1.82) is 0 Å². The van der Waals surface area contributed by atoms with Gasteiger partial charge in [0.2, 0.25) is 35.4 Å². The van der Waals surface area contributed by atoms with Crippen LogP contribution in [-0.4, -0.2) is 119 Å². The van der Waals surface area contributed by atoms with E-state index in [0.29, 0.717) is 63.9 Å². The quantitative estimate of drug-likeness (QED) is 0.0573. The van der Waals surface area contributed by atoms with Crippen LogP contribution in [-0.2, 0) is 46.7 Å². The van der Waals surface area contributed by atoms with E-state index in [-0.39, 0.29) is 71.8 Å². The molecule has 0 fully saturated rings. The number of aromatic nitrogens is 2. The smallest absolute Gasteiger partial charge is 0.249 e. The number of unbranched alkanes of at least 4 members (excludes halogenated alkanes) is 4. The number of nitrogens with zero attached hydrogens (tertiary/aromatic N) is 4. The lowest BCUT2D eigenvalue weighted by Crippen LogP contribution is -2.56. The van der Waals surface area contributed by atoms with Crippen molar-refractivity contribution >= 4 is 121 Å². The first-order valence-corrected chi connectivity index (χ1v) is 30.4. The van der Waals surface area contributed by atoms with E-state index in [4.69, 9.17) is 0 Å². The third kappa shape index (κ3) is 18.6. The van der Waals surface area contributed by atoms with E-state index in [1.165, 1.54) is 77.2 Å². The van der Waals surface area contributed by atoms with Gasteiger partial charge in [-0.1, -0.05) is 96.4 Å². The van der Waals surface area contributed by atoms with Crippen molar-refractivity contribution < 1.29 is 33.6 Å². The van der Waals surface area contributed by atoms with Gasteiger partial charge in [-0.2, -0.15) is 12.6 Å². The lowest BCUT2D eigenvalue weighted by molar-refractivity contribution is -0.132. The number of fused-ring (bicyclic) bond motifs is 8. The summed E-state index contributed by atoms with van der Waals surface area (Å²) in [6.45, 7) is 13.8. The maximum Gasteiger partial charge on any atom is 0.249 e. The maximum atomic E-state index is 13.4. The van der Waals surface area contributed by atoms with Gasteiger partial charge in [0.25, 0.3) is 0 Å². The van der Waals surface area contributed by atoms with E-state index in [1.807, 2.05) is 62.8 Å². The minimum atomic E-state index is -1.01. The number of hydrogen-bond donors (Lipinski definition) is 7. The summed E-state index contributed by atoms with van der Waals surface area (Å²) in [5, 5.41) is 24.3. The molecule has 73 heavy (non-hydrogen) atoms. The molecule has 8 bridgehead atoms. The van der Waals surface area contributed by atoms with Gasteiger partial charge in [-0.25, -0.2) is 9.97 Å². The summed E-state index contributed by atoms with van der Waals surface area (Å²) in [4.78, 5) is 109. The zero-order valence-corrected chi connectivity index (χ0v) is 47.9. The Bertz CT molecular complexity index is 2390. The highest BCUT2D eigenvalue weighted by atomic mass is 32.2. The molecule has 6 amide bonds. The van der Waals surface area contributed by atoms with Crippen molar-refractivity contribution in [3.05, 3.63) is 56.5 Å². The Kier molecular flexibility index (Phi) is 24.0. The molecule has 2 aromatic heterocycles. The van der Waals surface area contributed by atoms with Crippen LogP contribution in [0.15, 0.2) is 45.0 Å². The summed E-state index contributed by atoms with van der Waals surface area (Å²) in [6.07, 6.45) is 15.1. The SMILES string of the molecule is CC(C)[C@@H]1NC(=O)[C@]2(C)CSC(=N2)c2csc(n2)CNC(=O)C[C@@H](/C=C/CCS)NC1=O.CCCCCCCC(=O)SCC/C=C/[C@@H]1CC(=O)NCc2nc(cs2)C2=N[C@@](C)(CS2)C(=O)N[C@@H](C(C)C)C(=O)N1. The number of thiol groups is 1. The number of allylic oxidation sites excluding steroid dienone is 2. The second-order valence-corrected chi connectivity index (χ2v) is 24.7. The number of nitrogens with one attached hydrogen (secondary N) is 6. The highest BCUT2D eigenvalue weighted by Gasteiger charge is 2.43. The summed E-state index contributed by atoms with van der Waals surface area (Å²) >= 11 is 11.3. The first-order valence-electron chi connectivity index (χ1n) is 25.0. The molecule has 0 spiro atoms. The van der Waals surface area contributed by atoms with Gasteiger partial charge in [0, 0.05) is 34.4 Å². The monoisotopic (exact) mass is 1120 g/mol. The second kappa shape index (κ2) is 29.3. The van der Waals surface area contributed by atoms with Gasteiger partial charge in [-0.05, 0) is 50.7 Å². The second-order valence-electron chi connectivity index (χ2n) is 19.3. The van der Waals surface area contributed by atoms with E-state index in [2.05, 4.69) is 71.4 Å². The molecule has 0 saturated carbocycles. The van der Waals surface area contributed by atoms with Crippen LogP contribution in [0.2, 0.25) is 0 Å². The fraction of sp³-hybridized carbons (Fsp3) is 0.620. The van der Waals surface area contributed by atoms with Gasteiger partial charge < -0.3 is 31.9 Å². The number of thiazole rings is 2. The standard InChI is InChI=1S/C29H43N5O4S3.C21H29N5O3S3/c1-5-6-7-8-9-13-24(36)39-14-11-10-12-20-15-22(35)30-16-23-32-21(17-40-23)27-34-29(4,18-41-27)28(38)33-25(19(2)3)26(37)31-20;1-12(2)17-18(28)23-13(6-4-5-7-30)8-15(27)22-9-16-24-14(10-31-16)19-26-21(3,11-32-19)20(29)25-17/h10,12,17,19-20,25H,5-9,11,13-16,18H2,1-4H3,(H,30,35)(H,31,37)(H,33,38);4,6,10,12-13,17,30H,5,7-9,11H2,1-3H3,(H,22,27)(H,23,28)(H,25,29)/b12-10+;6-4+/t20-,25+,29+;13-,17+,21+/m11/s1. The Balaban J connectivity index is 0.000000279. The molecule has 0 aromatic carbocycles. The van der Waals surface area contributed by atoms with Crippen LogP contribution in [0.5, 0.6) is 0 Å². The van der Waals surface area contributed by atoms with Crippen molar-refractivity contribution in [3.8, 4) is 0 Å². The van der Waals surface area contributed by atoms with Gasteiger partial charge >= 0.3 is 0 Å². The fourth-order valence-corrected chi connectivity index (χ4v) is 12.5. The van der Waals surface area contributed by atoms with Crippen molar-refractivity contribution in [2.75, 3.05) is 23.0 Å². The first kappa shape index (κ1) is 59.8. The van der Waals surface area contributed by atoms with Crippen LogP contribution in [0.3, 0.4) is 0 Å². The van der Waals surface area contributed by atoms with Gasteiger partial charge in [-0.15, -0.1) is 46.2 Å². The predicted molar refractivity (Wildman–Crippen MR) is 302 cm³/mol. The lowest BCUT2D eigenvalue weighted by atomic mass is 9.99. The molecule has 0 unspecified atom stereocenters. The predicted octanol–water partition coefficient (Wildman–Crippen LogP) is 6.52. The van der Waals surface area contributed by atoms with E-state index in [1.54, 1.807) is 13.8 Å². The Morgan fingerprint density at radius 3 is 1.63 bits per heavy atom. The Labute approximate surface area is 456 Å². The molecule has 0 saturated heterocycles. The summed E-state index contributed by atoms with van der Waals surface area (Å²) in [7, 11) is 0. The number of carbonyl (C=O) groups excluding carboxylic acids is 7. The van der Waals surface area contributed by atoms with Crippen LogP contribution in [0.25, 0.3) is 0 Å². The summed E-state index contributed by atoms with van der Waals surface area (Å²) in [5.41, 5.74) is -0.584. The van der Waals surface area contributed by atoms with Crippen LogP contribution >= 0.6 is 70.6 Å². The molecule has 17 nitrogen and oxygen atoms in total. The third-order valence-electron chi connectivity index (χ3n) is 12.1. The Morgan fingerprint density at radius 2 is 1.18 bits per heavy atom. The average molecular weight is 1120 g/mol. The lowest BCUT2D eigenvalue weighted by Gasteiger charge is -2.27. The van der Waals surface area contributed by atoms with E-state index >= 15 is 0 Å². The molecule has 23 heteroatoms. The molecule has 6 atom stereocenters. The normalized spacial score (nSPS) is 25.3. The highest BCUT2D eigenvalue weighted by molar-refractivity contribution is 8.15. The van der Waals surface area contributed by atoms with Gasteiger partial charge in [0.05, 0.1) is 38.0 Å². The van der Waals surface area contributed by atoms with Gasteiger partial charge in [0.1, 0.15) is 54.7 Å². The zero-order chi connectivity index (χ0) is 53.1.